The highest BCUT2D eigenvalue weighted by atomic mass is 32.2. The minimum absolute atomic E-state index is 0.0132. The zero-order valence-electron chi connectivity index (χ0n) is 9.08. The van der Waals surface area contributed by atoms with Crippen LogP contribution in [-0.2, 0) is 0 Å². The zero-order valence-corrected chi connectivity index (χ0v) is 9.90. The molecule has 2 rings (SSSR count). The molecule has 1 aromatic carbocycles. The molecule has 0 saturated carbocycles. The summed E-state index contributed by atoms with van der Waals surface area (Å²) in [4.78, 5) is -0.414. The first-order valence-corrected chi connectivity index (χ1v) is 6.11. The highest BCUT2D eigenvalue weighted by Gasteiger charge is 2.08. The second-order valence-corrected chi connectivity index (χ2v) is 4.14. The van der Waals surface area contributed by atoms with Crippen LogP contribution in [0, 0.1) is 10.4 Å². The van der Waals surface area contributed by atoms with Crippen molar-refractivity contribution in [1.82, 2.24) is 15.1 Å². The van der Waals surface area contributed by atoms with E-state index in [-0.39, 0.29) is 5.36 Å². The lowest BCUT2D eigenvalue weighted by molar-refractivity contribution is 0.871. The third-order valence-corrected chi connectivity index (χ3v) is 2.90. The summed E-state index contributed by atoms with van der Waals surface area (Å²) < 4.78 is 0. The molecule has 0 saturated heterocycles. The fourth-order valence-electron chi connectivity index (χ4n) is 1.45. The summed E-state index contributed by atoms with van der Waals surface area (Å²) in [7, 11) is 0. The summed E-state index contributed by atoms with van der Waals surface area (Å²) in [5.74, 6) is 0. The van der Waals surface area contributed by atoms with Crippen molar-refractivity contribution in [1.29, 1.82) is 0 Å². The van der Waals surface area contributed by atoms with E-state index in [9.17, 15) is 10.4 Å². The van der Waals surface area contributed by atoms with Gasteiger partial charge in [0, 0.05) is 11.6 Å². The van der Waals surface area contributed by atoms with Gasteiger partial charge in [-0.15, -0.1) is 11.8 Å². The number of nitrogens with one attached hydrogen (secondary N) is 1. The number of benzene rings is 1. The Labute approximate surface area is 102 Å². The minimum atomic E-state index is -0.414. The Morgan fingerprint density at radius 1 is 1.24 bits per heavy atom. The monoisotopic (exact) mass is 248 g/mol. The van der Waals surface area contributed by atoms with Gasteiger partial charge in [0.05, 0.1) is 5.03 Å². The molecule has 6 heteroatoms. The normalized spacial score (nSPS) is 10.2. The molecule has 0 fully saturated rings. The van der Waals surface area contributed by atoms with E-state index >= 15 is 0 Å². The Morgan fingerprint density at radius 3 is 2.53 bits per heavy atom. The Kier molecular flexibility index (Phi) is 3.34. The Hall–Kier alpha value is -1.95. The molecule has 88 valence electrons. The molecule has 0 unspecified atom stereocenters. The van der Waals surface area contributed by atoms with Crippen LogP contribution in [0.15, 0.2) is 41.4 Å². The molecule has 5 nitrogen and oxygen atoms in total. The molecule has 0 aliphatic heterocycles. The topological polar surface area (TPSA) is 77.8 Å². The summed E-state index contributed by atoms with van der Waals surface area (Å²) in [6, 6.07) is 10.6. The van der Waals surface area contributed by atoms with Gasteiger partial charge < -0.3 is 10.4 Å². The number of thioether (sulfide) groups is 1. The van der Waals surface area contributed by atoms with Gasteiger partial charge in [-0.2, -0.15) is 10.0 Å². The summed E-state index contributed by atoms with van der Waals surface area (Å²) in [6.45, 7) is 0. The van der Waals surface area contributed by atoms with Gasteiger partial charge in [0.2, 0.25) is 0 Å². The van der Waals surface area contributed by atoms with E-state index in [1.165, 1.54) is 17.8 Å². The van der Waals surface area contributed by atoms with Crippen molar-refractivity contribution in [2.24, 2.45) is 0 Å². The molecule has 1 N–H and O–H groups in total. The number of aromatic nitrogens is 2. The van der Waals surface area contributed by atoms with E-state index < -0.39 is 4.90 Å². The van der Waals surface area contributed by atoms with Crippen LogP contribution < -0.4 is 10.3 Å². The number of nitrogens with zero attached hydrogens (tertiary/aromatic N) is 2. The fourth-order valence-corrected chi connectivity index (χ4v) is 1.81. The Morgan fingerprint density at radius 2 is 1.94 bits per heavy atom. The van der Waals surface area contributed by atoms with Crippen molar-refractivity contribution in [3.05, 3.63) is 52.2 Å². The average molecular weight is 248 g/mol. The number of H-pyrrole nitrogens is 1. The van der Waals surface area contributed by atoms with E-state index in [1.807, 2.05) is 24.5 Å². The third-order valence-electron chi connectivity index (χ3n) is 2.25. The van der Waals surface area contributed by atoms with Crippen LogP contribution >= 0.6 is 11.8 Å². The number of hydrogen-bond acceptors (Lipinski definition) is 4. The van der Waals surface area contributed by atoms with Crippen molar-refractivity contribution in [3.63, 3.8) is 0 Å². The SMILES string of the molecule is CSc1cc(=[N+]([O-])[O-])c(-c2ccccc2)n[nH]1. The average Bonchev–Trinajstić information content (AvgIpc) is 2.39. The van der Waals surface area contributed by atoms with Crippen molar-refractivity contribution in [3.8, 4) is 11.3 Å². The van der Waals surface area contributed by atoms with Crippen LogP contribution in [0.3, 0.4) is 0 Å². The highest BCUT2D eigenvalue weighted by Crippen LogP contribution is 2.13. The first-order chi connectivity index (χ1) is 8.22. The van der Waals surface area contributed by atoms with Crippen LogP contribution in [0.5, 0.6) is 0 Å². The second-order valence-electron chi connectivity index (χ2n) is 3.29. The smallest absolute Gasteiger partial charge is 0.253 e. The van der Waals surface area contributed by atoms with Crippen LogP contribution in [0.2, 0.25) is 0 Å². The van der Waals surface area contributed by atoms with Gasteiger partial charge in [-0.05, 0) is 6.26 Å². The van der Waals surface area contributed by atoms with Crippen LogP contribution in [-0.4, -0.2) is 16.5 Å². The van der Waals surface area contributed by atoms with Crippen molar-refractivity contribution in [2.75, 3.05) is 6.26 Å². The van der Waals surface area contributed by atoms with Crippen LogP contribution in [0.25, 0.3) is 11.3 Å². The maximum absolute atomic E-state index is 11.0. The van der Waals surface area contributed by atoms with Gasteiger partial charge in [0.15, 0.2) is 5.69 Å². The zero-order chi connectivity index (χ0) is 12.3. The maximum atomic E-state index is 11.0. The molecular formula is C11H10N3O2S-. The molecule has 0 spiro atoms. The summed E-state index contributed by atoms with van der Waals surface area (Å²) in [6.07, 6.45) is 1.83. The second kappa shape index (κ2) is 4.92. The van der Waals surface area contributed by atoms with Crippen LogP contribution in [0.4, 0.5) is 0 Å². The van der Waals surface area contributed by atoms with Gasteiger partial charge in [0.25, 0.3) is 5.36 Å². The summed E-state index contributed by atoms with van der Waals surface area (Å²) >= 11 is 1.38. The van der Waals surface area contributed by atoms with E-state index in [4.69, 9.17) is 0 Å². The lowest BCUT2D eigenvalue weighted by atomic mass is 10.1. The van der Waals surface area contributed by atoms with Gasteiger partial charge >= 0.3 is 0 Å². The lowest BCUT2D eigenvalue weighted by Gasteiger charge is -2.07. The molecule has 17 heavy (non-hydrogen) atoms. The maximum Gasteiger partial charge on any atom is 0.253 e. The molecule has 1 heterocycles. The molecule has 2 aromatic rings. The molecule has 0 atom stereocenters. The van der Waals surface area contributed by atoms with Crippen molar-refractivity contribution < 1.29 is 0 Å². The standard InChI is InChI=1S/C11H10N3O2S/c1-17-10-7-9(14(15)16)11(13-12-10)8-5-3-2-4-6-8/h2-7,12H,1H3/q-1. The van der Waals surface area contributed by atoms with E-state index in [2.05, 4.69) is 10.2 Å². The van der Waals surface area contributed by atoms with Crippen molar-refractivity contribution >= 4 is 11.8 Å². The lowest BCUT2D eigenvalue weighted by Crippen LogP contribution is -2.23. The van der Waals surface area contributed by atoms with Crippen LogP contribution in [0.1, 0.15) is 0 Å². The number of aromatic amines is 1. The highest BCUT2D eigenvalue weighted by molar-refractivity contribution is 7.98. The molecule has 0 bridgehead atoms. The quantitative estimate of drug-likeness (QED) is 0.646. The predicted molar refractivity (Wildman–Crippen MR) is 67.8 cm³/mol. The molecule has 1 aromatic heterocycles. The Balaban J connectivity index is 2.68. The predicted octanol–water partition coefficient (Wildman–Crippen LogP) is 1.57. The first kappa shape index (κ1) is 11.5. The minimum Gasteiger partial charge on any atom is -0.612 e. The first-order valence-electron chi connectivity index (χ1n) is 4.89. The molecule has 0 radical (unpaired) electrons. The fraction of sp³-hybridized carbons (Fsp3) is 0.0909. The van der Waals surface area contributed by atoms with E-state index in [1.54, 1.807) is 12.1 Å². The molecule has 0 amide bonds. The van der Waals surface area contributed by atoms with Gasteiger partial charge in [-0.25, -0.2) is 0 Å². The van der Waals surface area contributed by atoms with E-state index in [0.717, 1.165) is 5.56 Å². The number of rotatable bonds is 2. The van der Waals surface area contributed by atoms with Gasteiger partial charge in [0.1, 0.15) is 0 Å². The molecular weight excluding hydrogens is 238 g/mol. The molecule has 0 aliphatic rings. The number of hydrogen-bond donors (Lipinski definition) is 1. The summed E-state index contributed by atoms with van der Waals surface area (Å²) in [5.41, 5.74) is 1.08. The molecule has 0 aliphatic carbocycles. The largest absolute Gasteiger partial charge is 0.612 e. The van der Waals surface area contributed by atoms with Crippen molar-refractivity contribution in [2.45, 2.75) is 5.03 Å². The van der Waals surface area contributed by atoms with Gasteiger partial charge in [-0.3, -0.25) is 5.10 Å². The summed E-state index contributed by atoms with van der Waals surface area (Å²) in [5, 5.41) is 29.5. The Bertz CT molecular complexity index is 577. The van der Waals surface area contributed by atoms with Gasteiger partial charge in [-0.1, -0.05) is 30.3 Å². The van der Waals surface area contributed by atoms with E-state index in [0.29, 0.717) is 10.7 Å². The third kappa shape index (κ3) is 2.42.